The van der Waals surface area contributed by atoms with Gasteiger partial charge in [-0.15, -0.1) is 5.10 Å². The fourth-order valence-corrected chi connectivity index (χ4v) is 2.05. The molecule has 0 aromatic carbocycles. The maximum Gasteiger partial charge on any atom is 0.218 e. The van der Waals surface area contributed by atoms with Crippen LogP contribution in [0.15, 0.2) is 9.89 Å². The predicted octanol–water partition coefficient (Wildman–Crippen LogP) is 1.60. The smallest absolute Gasteiger partial charge is 0.218 e. The predicted molar refractivity (Wildman–Crippen MR) is 53.3 cm³/mol. The van der Waals surface area contributed by atoms with Gasteiger partial charge in [-0.1, -0.05) is 11.8 Å². The fourth-order valence-electron chi connectivity index (χ4n) is 0.603. The van der Waals surface area contributed by atoms with E-state index in [-0.39, 0.29) is 0 Å². The zero-order valence-corrected chi connectivity index (χ0v) is 9.29. The third-order valence-electron chi connectivity index (χ3n) is 1.02. The van der Waals surface area contributed by atoms with Gasteiger partial charge in [-0.25, -0.2) is 4.68 Å². The summed E-state index contributed by atoms with van der Waals surface area (Å²) in [5.74, 6) is 1.82. The maximum absolute atomic E-state index is 4.15. The van der Waals surface area contributed by atoms with Gasteiger partial charge in [-0.3, -0.25) is 0 Å². The van der Waals surface area contributed by atoms with E-state index in [1.54, 1.807) is 16.4 Å². The van der Waals surface area contributed by atoms with Gasteiger partial charge >= 0.3 is 0 Å². The number of halogens is 1. The van der Waals surface area contributed by atoms with Crippen LogP contribution in [0.5, 0.6) is 0 Å². The number of hydrogen-bond acceptors (Lipinski definition) is 4. The SMILES string of the molecule is Cn1nc(Br)nc1SCCS. The van der Waals surface area contributed by atoms with Gasteiger partial charge in [0.15, 0.2) is 5.16 Å². The van der Waals surface area contributed by atoms with Crippen molar-refractivity contribution in [1.82, 2.24) is 14.8 Å². The average Bonchev–Trinajstić information content (AvgIpc) is 2.26. The zero-order valence-electron chi connectivity index (χ0n) is 5.99. The Balaban J connectivity index is 2.62. The van der Waals surface area contributed by atoms with Crippen molar-refractivity contribution < 1.29 is 0 Å². The third kappa shape index (κ3) is 2.68. The molecule has 0 saturated carbocycles. The number of aromatic nitrogens is 3. The highest BCUT2D eigenvalue weighted by Gasteiger charge is 2.03. The van der Waals surface area contributed by atoms with Crippen LogP contribution < -0.4 is 0 Å². The third-order valence-corrected chi connectivity index (χ3v) is 2.90. The summed E-state index contributed by atoms with van der Waals surface area (Å²) in [6.45, 7) is 0. The van der Waals surface area contributed by atoms with Crippen molar-refractivity contribution in [3.63, 3.8) is 0 Å². The molecule has 3 nitrogen and oxygen atoms in total. The highest BCUT2D eigenvalue weighted by Crippen LogP contribution is 2.16. The topological polar surface area (TPSA) is 30.7 Å². The lowest BCUT2D eigenvalue weighted by atomic mass is 11.0. The van der Waals surface area contributed by atoms with E-state index in [0.29, 0.717) is 4.73 Å². The summed E-state index contributed by atoms with van der Waals surface area (Å²) in [7, 11) is 1.87. The van der Waals surface area contributed by atoms with Crippen molar-refractivity contribution in [2.45, 2.75) is 5.16 Å². The Morgan fingerprint density at radius 1 is 1.73 bits per heavy atom. The van der Waals surface area contributed by atoms with E-state index < -0.39 is 0 Å². The van der Waals surface area contributed by atoms with E-state index in [0.717, 1.165) is 16.7 Å². The van der Waals surface area contributed by atoms with Crippen LogP contribution in [0.25, 0.3) is 0 Å². The molecule has 0 amide bonds. The standard InChI is InChI=1S/C5H8BrN3S2/c1-9-5(11-3-2-10)7-4(6)8-9/h10H,2-3H2,1H3. The van der Waals surface area contributed by atoms with Crippen molar-refractivity contribution in [3.05, 3.63) is 4.73 Å². The van der Waals surface area contributed by atoms with Gasteiger partial charge in [-0.2, -0.15) is 17.6 Å². The molecule has 0 saturated heterocycles. The summed E-state index contributed by atoms with van der Waals surface area (Å²) in [4.78, 5) is 4.15. The fraction of sp³-hybridized carbons (Fsp3) is 0.600. The lowest BCUT2D eigenvalue weighted by molar-refractivity contribution is 0.683. The quantitative estimate of drug-likeness (QED) is 0.656. The molecule has 62 valence electrons. The van der Waals surface area contributed by atoms with E-state index in [1.165, 1.54) is 0 Å². The molecule has 1 aromatic heterocycles. The van der Waals surface area contributed by atoms with Crippen molar-refractivity contribution >= 4 is 40.3 Å². The first-order chi connectivity index (χ1) is 5.24. The monoisotopic (exact) mass is 253 g/mol. The molecule has 0 aliphatic carbocycles. The molecule has 0 radical (unpaired) electrons. The Hall–Kier alpha value is 0.320. The molecule has 0 fully saturated rings. The van der Waals surface area contributed by atoms with E-state index in [9.17, 15) is 0 Å². The summed E-state index contributed by atoms with van der Waals surface area (Å²) in [5, 5.41) is 4.96. The Kier molecular flexibility index (Phi) is 3.74. The molecule has 0 spiro atoms. The minimum Gasteiger partial charge on any atom is -0.243 e. The summed E-state index contributed by atoms with van der Waals surface area (Å²) in [6, 6.07) is 0. The Bertz CT molecular complexity index is 238. The molecule has 0 bridgehead atoms. The van der Waals surface area contributed by atoms with E-state index in [1.807, 2.05) is 7.05 Å². The molecule has 1 heterocycles. The molecule has 0 aliphatic heterocycles. The van der Waals surface area contributed by atoms with Gasteiger partial charge in [-0.05, 0) is 21.7 Å². The van der Waals surface area contributed by atoms with E-state index in [2.05, 4.69) is 38.6 Å². The Labute approximate surface area is 83.5 Å². The molecule has 0 aliphatic rings. The highest BCUT2D eigenvalue weighted by molar-refractivity contribution is 9.10. The molecule has 1 aromatic rings. The second-order valence-electron chi connectivity index (χ2n) is 1.86. The second kappa shape index (κ2) is 4.37. The van der Waals surface area contributed by atoms with E-state index >= 15 is 0 Å². The largest absolute Gasteiger partial charge is 0.243 e. The van der Waals surface area contributed by atoms with Crippen molar-refractivity contribution in [3.8, 4) is 0 Å². The first kappa shape index (κ1) is 9.41. The molecule has 1 rings (SSSR count). The van der Waals surface area contributed by atoms with Gasteiger partial charge in [0.1, 0.15) is 0 Å². The molecular formula is C5H8BrN3S2. The molecule has 0 N–H and O–H groups in total. The number of hydrogen-bond donors (Lipinski definition) is 1. The van der Waals surface area contributed by atoms with Crippen LogP contribution in [-0.4, -0.2) is 26.3 Å². The van der Waals surface area contributed by atoms with Gasteiger partial charge in [0.25, 0.3) is 0 Å². The first-order valence-electron chi connectivity index (χ1n) is 3.04. The van der Waals surface area contributed by atoms with Crippen molar-refractivity contribution in [2.75, 3.05) is 11.5 Å². The van der Waals surface area contributed by atoms with Gasteiger partial charge in [0.2, 0.25) is 4.73 Å². The van der Waals surface area contributed by atoms with E-state index in [4.69, 9.17) is 0 Å². The highest BCUT2D eigenvalue weighted by atomic mass is 79.9. The summed E-state index contributed by atoms with van der Waals surface area (Å²) >= 11 is 8.95. The number of rotatable bonds is 3. The minimum absolute atomic E-state index is 0.640. The van der Waals surface area contributed by atoms with Crippen molar-refractivity contribution in [1.29, 1.82) is 0 Å². The number of nitrogens with zero attached hydrogens (tertiary/aromatic N) is 3. The second-order valence-corrected chi connectivity index (χ2v) is 4.08. The van der Waals surface area contributed by atoms with Gasteiger partial charge in [0.05, 0.1) is 0 Å². The lowest BCUT2D eigenvalue weighted by Gasteiger charge is -1.95. The molecule has 0 atom stereocenters. The molecular weight excluding hydrogens is 246 g/mol. The molecule has 11 heavy (non-hydrogen) atoms. The summed E-state index contributed by atoms with van der Waals surface area (Å²) < 4.78 is 2.39. The normalized spacial score (nSPS) is 10.5. The molecule has 0 unspecified atom stereocenters. The zero-order chi connectivity index (χ0) is 8.27. The number of aryl methyl sites for hydroxylation is 1. The van der Waals surface area contributed by atoms with Crippen LogP contribution in [0, 0.1) is 0 Å². The average molecular weight is 254 g/mol. The van der Waals surface area contributed by atoms with Crippen molar-refractivity contribution in [2.24, 2.45) is 7.05 Å². The number of thiol groups is 1. The lowest BCUT2D eigenvalue weighted by Crippen LogP contribution is -1.93. The number of thioether (sulfide) groups is 1. The summed E-state index contributed by atoms with van der Waals surface area (Å²) in [5.41, 5.74) is 0. The van der Waals surface area contributed by atoms with Gasteiger partial charge < -0.3 is 0 Å². The Morgan fingerprint density at radius 3 is 2.91 bits per heavy atom. The van der Waals surface area contributed by atoms with Crippen LogP contribution in [0.4, 0.5) is 0 Å². The minimum atomic E-state index is 0.640. The van der Waals surface area contributed by atoms with Crippen LogP contribution in [-0.2, 0) is 7.05 Å². The van der Waals surface area contributed by atoms with Gasteiger partial charge in [0, 0.05) is 12.8 Å². The Morgan fingerprint density at radius 2 is 2.45 bits per heavy atom. The van der Waals surface area contributed by atoms with Crippen LogP contribution in [0.2, 0.25) is 0 Å². The molecule has 6 heteroatoms. The van der Waals surface area contributed by atoms with Crippen LogP contribution >= 0.6 is 40.3 Å². The summed E-state index contributed by atoms with van der Waals surface area (Å²) in [6.07, 6.45) is 0. The maximum atomic E-state index is 4.15. The van der Waals surface area contributed by atoms with Crippen LogP contribution in [0.1, 0.15) is 0 Å². The first-order valence-corrected chi connectivity index (χ1v) is 5.45. The van der Waals surface area contributed by atoms with Crippen LogP contribution in [0.3, 0.4) is 0 Å².